The molecule has 0 saturated carbocycles. The Morgan fingerprint density at radius 1 is 1.19 bits per heavy atom. The van der Waals surface area contributed by atoms with Crippen molar-refractivity contribution < 1.29 is 0 Å². The number of unbranched alkanes of at least 4 members (excludes halogenated alkanes) is 5. The number of halogens is 1. The summed E-state index contributed by atoms with van der Waals surface area (Å²) < 4.78 is 0.998. The van der Waals surface area contributed by atoms with Crippen molar-refractivity contribution in [3.05, 3.63) is 28.5 Å². The molecule has 0 fully saturated rings. The lowest BCUT2D eigenvalue weighted by Crippen LogP contribution is -1.80. The van der Waals surface area contributed by atoms with E-state index in [2.05, 4.69) is 39.7 Å². The van der Waals surface area contributed by atoms with Crippen LogP contribution in [0.2, 0.25) is 0 Å². The van der Waals surface area contributed by atoms with E-state index in [0.717, 1.165) is 16.6 Å². The first-order chi connectivity index (χ1) is 7.83. The molecule has 0 aliphatic carbocycles. The van der Waals surface area contributed by atoms with Gasteiger partial charge in [-0.05, 0) is 40.4 Å². The van der Waals surface area contributed by atoms with Crippen molar-refractivity contribution in [1.29, 1.82) is 0 Å². The molecule has 0 amide bonds. The van der Waals surface area contributed by atoms with Gasteiger partial charge in [0.25, 0.3) is 0 Å². The highest BCUT2D eigenvalue weighted by molar-refractivity contribution is 9.10. The molecule has 1 rings (SSSR count). The number of pyridine rings is 1. The maximum absolute atomic E-state index is 4.21. The fourth-order valence-electron chi connectivity index (χ4n) is 1.42. The first kappa shape index (κ1) is 13.3. The van der Waals surface area contributed by atoms with E-state index in [9.17, 15) is 0 Å². The lowest BCUT2D eigenvalue weighted by atomic mass is 10.1. The van der Waals surface area contributed by atoms with Crippen LogP contribution in [-0.2, 0) is 0 Å². The Hall–Kier alpha value is -0.810. The second kappa shape index (κ2) is 8.35. The number of aromatic nitrogens is 1. The van der Waals surface area contributed by atoms with Gasteiger partial charge in [-0.15, -0.1) is 0 Å². The molecular formula is C14H18BrN. The summed E-state index contributed by atoms with van der Waals surface area (Å²) in [5.74, 6) is 6.25. The zero-order valence-corrected chi connectivity index (χ0v) is 11.4. The predicted molar refractivity (Wildman–Crippen MR) is 72.2 cm³/mol. The van der Waals surface area contributed by atoms with Crippen molar-refractivity contribution >= 4 is 15.9 Å². The highest BCUT2D eigenvalue weighted by atomic mass is 79.9. The fraction of sp³-hybridized carbons (Fsp3) is 0.500. The van der Waals surface area contributed by atoms with Crippen LogP contribution >= 0.6 is 15.9 Å². The summed E-state index contributed by atoms with van der Waals surface area (Å²) in [6.07, 6.45) is 9.28. The average Bonchev–Trinajstić information content (AvgIpc) is 2.30. The standard InChI is InChI=1S/C14H18BrN/c1-2-3-4-5-6-7-8-9-14-11-10-13(15)12-16-14/h10-12H,2-7H2,1H3. The van der Waals surface area contributed by atoms with Gasteiger partial charge in [0.2, 0.25) is 0 Å². The smallest absolute Gasteiger partial charge is 0.113 e. The summed E-state index contributed by atoms with van der Waals surface area (Å²) in [7, 11) is 0. The van der Waals surface area contributed by atoms with E-state index in [4.69, 9.17) is 0 Å². The molecule has 16 heavy (non-hydrogen) atoms. The van der Waals surface area contributed by atoms with E-state index in [0.29, 0.717) is 0 Å². The normalized spacial score (nSPS) is 9.62. The topological polar surface area (TPSA) is 12.9 Å². The first-order valence-corrected chi connectivity index (χ1v) is 6.72. The highest BCUT2D eigenvalue weighted by Crippen LogP contribution is 2.07. The summed E-state index contributed by atoms with van der Waals surface area (Å²) >= 11 is 3.35. The van der Waals surface area contributed by atoms with Crippen molar-refractivity contribution in [2.24, 2.45) is 0 Å². The van der Waals surface area contributed by atoms with Gasteiger partial charge in [0.05, 0.1) is 0 Å². The maximum Gasteiger partial charge on any atom is 0.113 e. The summed E-state index contributed by atoms with van der Waals surface area (Å²) in [6.45, 7) is 2.24. The lowest BCUT2D eigenvalue weighted by Gasteiger charge is -1.94. The second-order valence-electron chi connectivity index (χ2n) is 3.83. The van der Waals surface area contributed by atoms with Crippen LogP contribution < -0.4 is 0 Å². The number of hydrogen-bond donors (Lipinski definition) is 0. The van der Waals surface area contributed by atoms with Crippen LogP contribution in [0.25, 0.3) is 0 Å². The molecule has 0 aliphatic rings. The van der Waals surface area contributed by atoms with E-state index < -0.39 is 0 Å². The molecular weight excluding hydrogens is 262 g/mol. The van der Waals surface area contributed by atoms with Gasteiger partial charge in [0.15, 0.2) is 0 Å². The summed E-state index contributed by atoms with van der Waals surface area (Å²) in [5, 5.41) is 0. The molecule has 1 aromatic heterocycles. The molecule has 0 unspecified atom stereocenters. The van der Waals surface area contributed by atoms with Gasteiger partial charge in [-0.2, -0.15) is 0 Å². The molecule has 1 heterocycles. The maximum atomic E-state index is 4.21. The van der Waals surface area contributed by atoms with Crippen LogP contribution in [0.4, 0.5) is 0 Å². The van der Waals surface area contributed by atoms with Crippen LogP contribution in [0.5, 0.6) is 0 Å². The largest absolute Gasteiger partial charge is 0.247 e. The number of hydrogen-bond acceptors (Lipinski definition) is 1. The van der Waals surface area contributed by atoms with Gasteiger partial charge in [0.1, 0.15) is 5.69 Å². The quantitative estimate of drug-likeness (QED) is 0.569. The van der Waals surface area contributed by atoms with E-state index in [1.54, 1.807) is 6.20 Å². The van der Waals surface area contributed by atoms with E-state index in [1.165, 1.54) is 32.1 Å². The van der Waals surface area contributed by atoms with E-state index >= 15 is 0 Å². The minimum atomic E-state index is 0.858. The molecule has 0 bridgehead atoms. The van der Waals surface area contributed by atoms with Crippen molar-refractivity contribution in [2.75, 3.05) is 0 Å². The SMILES string of the molecule is CCCCCCCC#Cc1ccc(Br)cn1. The van der Waals surface area contributed by atoms with Crippen molar-refractivity contribution in [1.82, 2.24) is 4.98 Å². The van der Waals surface area contributed by atoms with Gasteiger partial charge in [0, 0.05) is 17.1 Å². The number of rotatable bonds is 5. The Bertz CT molecular complexity index is 345. The second-order valence-corrected chi connectivity index (χ2v) is 4.74. The minimum absolute atomic E-state index is 0.858. The summed E-state index contributed by atoms with van der Waals surface area (Å²) in [4.78, 5) is 4.21. The molecule has 1 aromatic rings. The minimum Gasteiger partial charge on any atom is -0.247 e. The lowest BCUT2D eigenvalue weighted by molar-refractivity contribution is 0.641. The van der Waals surface area contributed by atoms with Crippen molar-refractivity contribution in [2.45, 2.75) is 45.4 Å². The van der Waals surface area contributed by atoms with Gasteiger partial charge in [-0.3, -0.25) is 0 Å². The van der Waals surface area contributed by atoms with E-state index in [1.807, 2.05) is 12.1 Å². The highest BCUT2D eigenvalue weighted by Gasteiger charge is 1.89. The molecule has 0 aliphatic heterocycles. The Kier molecular flexibility index (Phi) is 6.92. The van der Waals surface area contributed by atoms with Gasteiger partial charge in [-0.25, -0.2) is 4.98 Å². The zero-order chi connectivity index (χ0) is 11.6. The summed E-state index contributed by atoms with van der Waals surface area (Å²) in [5.41, 5.74) is 0.858. The van der Waals surface area contributed by atoms with E-state index in [-0.39, 0.29) is 0 Å². The third kappa shape index (κ3) is 5.92. The van der Waals surface area contributed by atoms with Crippen LogP contribution in [-0.4, -0.2) is 4.98 Å². The molecule has 0 aromatic carbocycles. The monoisotopic (exact) mass is 279 g/mol. The fourth-order valence-corrected chi connectivity index (χ4v) is 1.65. The van der Waals surface area contributed by atoms with Crippen LogP contribution in [0.15, 0.2) is 22.8 Å². The molecule has 86 valence electrons. The average molecular weight is 280 g/mol. The Labute approximate surface area is 107 Å². The van der Waals surface area contributed by atoms with Crippen LogP contribution in [0.3, 0.4) is 0 Å². The Morgan fingerprint density at radius 2 is 2.00 bits per heavy atom. The van der Waals surface area contributed by atoms with Crippen molar-refractivity contribution in [3.63, 3.8) is 0 Å². The molecule has 2 heteroatoms. The van der Waals surface area contributed by atoms with Gasteiger partial charge < -0.3 is 0 Å². The van der Waals surface area contributed by atoms with Crippen LogP contribution in [0.1, 0.15) is 51.1 Å². The predicted octanol–water partition coefficient (Wildman–Crippen LogP) is 4.56. The third-order valence-electron chi connectivity index (χ3n) is 2.35. The van der Waals surface area contributed by atoms with Crippen molar-refractivity contribution in [3.8, 4) is 11.8 Å². The molecule has 0 radical (unpaired) electrons. The summed E-state index contributed by atoms with van der Waals surface area (Å²) in [6, 6.07) is 3.91. The van der Waals surface area contributed by atoms with Gasteiger partial charge in [-0.1, -0.05) is 38.5 Å². The molecule has 1 nitrogen and oxygen atoms in total. The Balaban J connectivity index is 2.20. The molecule has 0 spiro atoms. The first-order valence-electron chi connectivity index (χ1n) is 5.93. The molecule has 0 atom stereocenters. The van der Waals surface area contributed by atoms with Crippen LogP contribution in [0, 0.1) is 11.8 Å². The zero-order valence-electron chi connectivity index (χ0n) is 9.80. The molecule has 0 saturated heterocycles. The Morgan fingerprint density at radius 3 is 2.69 bits per heavy atom. The number of nitrogens with zero attached hydrogens (tertiary/aromatic N) is 1. The van der Waals surface area contributed by atoms with Gasteiger partial charge >= 0.3 is 0 Å². The third-order valence-corrected chi connectivity index (χ3v) is 2.82. The molecule has 0 N–H and O–H groups in total.